The molecule has 0 radical (unpaired) electrons. The summed E-state index contributed by atoms with van der Waals surface area (Å²) in [6.45, 7) is 0. The van der Waals surface area contributed by atoms with Crippen LogP contribution in [0.1, 0.15) is 0 Å². The smallest absolute Gasteiger partial charge is 0.179 e. The van der Waals surface area contributed by atoms with Gasteiger partial charge in [-0.15, -0.1) is 0 Å². The second-order valence-corrected chi connectivity index (χ2v) is 2.17. The first kappa shape index (κ1) is 8.64. The molecule has 4 heteroatoms. The molecule has 12 heavy (non-hydrogen) atoms. The van der Waals surface area contributed by atoms with E-state index in [9.17, 15) is 0 Å². The quantitative estimate of drug-likeness (QED) is 0.735. The number of hydrogen-bond donors (Lipinski definition) is 1. The van der Waals surface area contributed by atoms with Crippen LogP contribution in [-0.4, -0.2) is 26.3 Å². The Kier molecular flexibility index (Phi) is 2.74. The number of methoxy groups -OCH3 is 2. The van der Waals surface area contributed by atoms with Gasteiger partial charge in [-0.1, -0.05) is 0 Å². The van der Waals surface area contributed by atoms with Crippen molar-refractivity contribution in [3.63, 3.8) is 0 Å². The third-order valence-corrected chi connectivity index (χ3v) is 1.53. The minimum absolute atomic E-state index is 0.636. The summed E-state index contributed by atoms with van der Waals surface area (Å²) in [5.41, 5.74) is 0. The van der Waals surface area contributed by atoms with Gasteiger partial charge in [0.05, 0.1) is 20.4 Å². The van der Waals surface area contributed by atoms with E-state index in [0.717, 1.165) is 5.82 Å². The number of ether oxygens (including phenoxy) is 2. The Hall–Kier alpha value is -1.45. The van der Waals surface area contributed by atoms with Crippen molar-refractivity contribution in [1.82, 2.24) is 4.98 Å². The van der Waals surface area contributed by atoms with Gasteiger partial charge in [0.1, 0.15) is 5.82 Å². The third-order valence-electron chi connectivity index (χ3n) is 1.53. The Morgan fingerprint density at radius 3 is 2.42 bits per heavy atom. The topological polar surface area (TPSA) is 43.4 Å². The summed E-state index contributed by atoms with van der Waals surface area (Å²) in [7, 11) is 4.98. The van der Waals surface area contributed by atoms with Gasteiger partial charge in [-0.2, -0.15) is 0 Å². The zero-order valence-corrected chi connectivity index (χ0v) is 7.42. The Balaban J connectivity index is 3.02. The lowest BCUT2D eigenvalue weighted by Gasteiger charge is -2.07. The molecule has 0 aromatic carbocycles. The Morgan fingerprint density at radius 1 is 1.25 bits per heavy atom. The zero-order chi connectivity index (χ0) is 8.97. The predicted octanol–water partition coefficient (Wildman–Crippen LogP) is 1.14. The van der Waals surface area contributed by atoms with Crippen LogP contribution in [0.3, 0.4) is 0 Å². The third kappa shape index (κ3) is 1.58. The fourth-order valence-corrected chi connectivity index (χ4v) is 0.874. The molecule has 66 valence electrons. The van der Waals surface area contributed by atoms with Crippen LogP contribution in [0.2, 0.25) is 0 Å². The van der Waals surface area contributed by atoms with E-state index in [0.29, 0.717) is 11.5 Å². The fourth-order valence-electron chi connectivity index (χ4n) is 0.874. The molecule has 0 aliphatic heterocycles. The van der Waals surface area contributed by atoms with Gasteiger partial charge >= 0.3 is 0 Å². The zero-order valence-electron chi connectivity index (χ0n) is 7.42. The van der Waals surface area contributed by atoms with Crippen LogP contribution in [0.25, 0.3) is 0 Å². The van der Waals surface area contributed by atoms with Crippen LogP contribution in [0.4, 0.5) is 5.82 Å². The molecule has 0 aliphatic rings. The molecule has 0 saturated carbocycles. The summed E-state index contributed by atoms with van der Waals surface area (Å²) in [5.74, 6) is 2.07. The van der Waals surface area contributed by atoms with Crippen LogP contribution < -0.4 is 14.8 Å². The van der Waals surface area contributed by atoms with Crippen molar-refractivity contribution in [2.75, 3.05) is 26.6 Å². The maximum atomic E-state index is 5.07. The standard InChI is InChI=1S/C8H12N2O2/c1-9-8-4-6(11-2)7(12-3)5-10-8/h4-5H,1-3H3,(H,9,10). The monoisotopic (exact) mass is 168 g/mol. The van der Waals surface area contributed by atoms with Crippen molar-refractivity contribution in [2.45, 2.75) is 0 Å². The van der Waals surface area contributed by atoms with Gasteiger partial charge in [0.15, 0.2) is 11.5 Å². The molecule has 0 saturated heterocycles. The summed E-state index contributed by atoms with van der Waals surface area (Å²) in [4.78, 5) is 4.06. The first-order valence-electron chi connectivity index (χ1n) is 3.57. The molecular formula is C8H12N2O2. The Labute approximate surface area is 71.5 Å². The molecule has 0 fully saturated rings. The molecule has 4 nitrogen and oxygen atoms in total. The van der Waals surface area contributed by atoms with Crippen molar-refractivity contribution in [3.05, 3.63) is 12.3 Å². The predicted molar refractivity (Wildman–Crippen MR) is 46.9 cm³/mol. The number of rotatable bonds is 3. The molecule has 1 heterocycles. The van der Waals surface area contributed by atoms with Crippen LogP contribution in [0.5, 0.6) is 11.5 Å². The SMILES string of the molecule is CNc1cc(OC)c(OC)cn1. The largest absolute Gasteiger partial charge is 0.493 e. The van der Waals surface area contributed by atoms with Gasteiger partial charge in [-0.05, 0) is 0 Å². The second-order valence-electron chi connectivity index (χ2n) is 2.17. The van der Waals surface area contributed by atoms with Gasteiger partial charge in [-0.25, -0.2) is 4.98 Å². The number of anilines is 1. The van der Waals surface area contributed by atoms with Gasteiger partial charge in [0.25, 0.3) is 0 Å². The maximum Gasteiger partial charge on any atom is 0.179 e. The normalized spacial score (nSPS) is 9.25. The number of aromatic nitrogens is 1. The lowest BCUT2D eigenvalue weighted by atomic mass is 10.4. The Morgan fingerprint density at radius 2 is 1.92 bits per heavy atom. The van der Waals surface area contributed by atoms with Gasteiger partial charge in [-0.3, -0.25) is 0 Å². The maximum absolute atomic E-state index is 5.07. The van der Waals surface area contributed by atoms with E-state index >= 15 is 0 Å². The molecule has 0 bridgehead atoms. The van der Waals surface area contributed by atoms with E-state index in [1.807, 2.05) is 0 Å². The van der Waals surface area contributed by atoms with Crippen molar-refractivity contribution in [3.8, 4) is 11.5 Å². The summed E-state index contributed by atoms with van der Waals surface area (Å²) in [5, 5.41) is 2.91. The number of pyridine rings is 1. The van der Waals surface area contributed by atoms with E-state index in [1.165, 1.54) is 0 Å². The van der Waals surface area contributed by atoms with Gasteiger partial charge in [0, 0.05) is 13.1 Å². The molecule has 0 aliphatic carbocycles. The lowest BCUT2D eigenvalue weighted by molar-refractivity contribution is 0.353. The van der Waals surface area contributed by atoms with Crippen molar-refractivity contribution < 1.29 is 9.47 Å². The highest BCUT2D eigenvalue weighted by molar-refractivity contribution is 5.47. The number of nitrogens with zero attached hydrogens (tertiary/aromatic N) is 1. The highest BCUT2D eigenvalue weighted by atomic mass is 16.5. The van der Waals surface area contributed by atoms with E-state index < -0.39 is 0 Å². The first-order valence-corrected chi connectivity index (χ1v) is 3.57. The summed E-state index contributed by atoms with van der Waals surface area (Å²) < 4.78 is 10.1. The molecule has 0 atom stereocenters. The Bertz CT molecular complexity index is 263. The summed E-state index contributed by atoms with van der Waals surface area (Å²) in [6.07, 6.45) is 1.62. The minimum Gasteiger partial charge on any atom is -0.493 e. The fraction of sp³-hybridized carbons (Fsp3) is 0.375. The molecule has 1 N–H and O–H groups in total. The van der Waals surface area contributed by atoms with E-state index in [2.05, 4.69) is 10.3 Å². The molecule has 0 unspecified atom stereocenters. The number of nitrogens with one attached hydrogen (secondary N) is 1. The van der Waals surface area contributed by atoms with E-state index in [4.69, 9.17) is 9.47 Å². The summed E-state index contributed by atoms with van der Waals surface area (Å²) >= 11 is 0. The van der Waals surface area contributed by atoms with Crippen LogP contribution in [0.15, 0.2) is 12.3 Å². The molecular weight excluding hydrogens is 156 g/mol. The van der Waals surface area contributed by atoms with E-state index in [-0.39, 0.29) is 0 Å². The molecule has 0 amide bonds. The van der Waals surface area contributed by atoms with Crippen molar-refractivity contribution >= 4 is 5.82 Å². The van der Waals surface area contributed by atoms with Crippen molar-refractivity contribution in [2.24, 2.45) is 0 Å². The lowest BCUT2D eigenvalue weighted by Crippen LogP contribution is -1.96. The highest BCUT2D eigenvalue weighted by Gasteiger charge is 2.03. The van der Waals surface area contributed by atoms with E-state index in [1.54, 1.807) is 33.5 Å². The first-order chi connectivity index (χ1) is 5.81. The average Bonchev–Trinajstić information content (AvgIpc) is 2.16. The molecule has 1 aromatic rings. The average molecular weight is 168 g/mol. The minimum atomic E-state index is 0.636. The number of hydrogen-bond acceptors (Lipinski definition) is 4. The van der Waals surface area contributed by atoms with Gasteiger partial charge < -0.3 is 14.8 Å². The highest BCUT2D eigenvalue weighted by Crippen LogP contribution is 2.27. The molecule has 1 aromatic heterocycles. The molecule has 1 rings (SSSR count). The summed E-state index contributed by atoms with van der Waals surface area (Å²) in [6, 6.07) is 1.78. The van der Waals surface area contributed by atoms with Crippen LogP contribution in [0, 0.1) is 0 Å². The second kappa shape index (κ2) is 3.80. The van der Waals surface area contributed by atoms with Crippen LogP contribution >= 0.6 is 0 Å². The van der Waals surface area contributed by atoms with Crippen molar-refractivity contribution in [1.29, 1.82) is 0 Å². The van der Waals surface area contributed by atoms with Crippen LogP contribution in [-0.2, 0) is 0 Å². The molecule has 0 spiro atoms. The van der Waals surface area contributed by atoms with Gasteiger partial charge in [0.2, 0.25) is 0 Å².